The Morgan fingerprint density at radius 2 is 2.16 bits per heavy atom. The molecule has 0 fully saturated rings. The molecule has 1 aromatic heterocycles. The highest BCUT2D eigenvalue weighted by atomic mass is 16.5. The molecule has 0 spiro atoms. The molecule has 0 amide bonds. The normalized spacial score (nSPS) is 12.2. The van der Waals surface area contributed by atoms with E-state index in [0.29, 0.717) is 19.2 Å². The molecule has 0 saturated heterocycles. The summed E-state index contributed by atoms with van der Waals surface area (Å²) < 4.78 is 10.4. The van der Waals surface area contributed by atoms with Crippen LogP contribution < -0.4 is 10.2 Å². The first-order chi connectivity index (χ1) is 9.22. The van der Waals surface area contributed by atoms with Gasteiger partial charge in [0, 0.05) is 33.5 Å². The van der Waals surface area contributed by atoms with Crippen LogP contribution in [-0.2, 0) is 9.47 Å². The van der Waals surface area contributed by atoms with Crippen molar-refractivity contribution in [3.8, 4) is 0 Å². The quantitative estimate of drug-likeness (QED) is 0.730. The fourth-order valence-electron chi connectivity index (χ4n) is 1.83. The van der Waals surface area contributed by atoms with Crippen LogP contribution in [0.15, 0.2) is 12.3 Å². The van der Waals surface area contributed by atoms with Crippen molar-refractivity contribution in [1.29, 1.82) is 0 Å². The smallest absolute Gasteiger partial charge is 0.224 e. The van der Waals surface area contributed by atoms with Gasteiger partial charge in [0.2, 0.25) is 5.95 Å². The summed E-state index contributed by atoms with van der Waals surface area (Å²) in [4.78, 5) is 10.9. The maximum absolute atomic E-state index is 5.22. The second kappa shape index (κ2) is 8.66. The van der Waals surface area contributed by atoms with Crippen LogP contribution in [0.1, 0.15) is 13.8 Å². The number of anilines is 2. The molecule has 6 nitrogen and oxygen atoms in total. The van der Waals surface area contributed by atoms with Gasteiger partial charge in [-0.25, -0.2) is 4.98 Å². The standard InChI is InChI=1S/C13H24N4O2/c1-5-14-13-15-7-6-12(16-13)17(8-9-18-3)11(2)10-19-4/h6-7,11H,5,8-10H2,1-4H3,(H,14,15,16). The topological polar surface area (TPSA) is 59.5 Å². The van der Waals surface area contributed by atoms with Gasteiger partial charge in [0.15, 0.2) is 0 Å². The third-order valence-corrected chi connectivity index (χ3v) is 2.75. The fourth-order valence-corrected chi connectivity index (χ4v) is 1.83. The van der Waals surface area contributed by atoms with E-state index in [9.17, 15) is 0 Å². The minimum Gasteiger partial charge on any atom is -0.383 e. The van der Waals surface area contributed by atoms with Gasteiger partial charge < -0.3 is 19.7 Å². The molecule has 0 aliphatic heterocycles. The molecule has 1 N–H and O–H groups in total. The molecule has 0 saturated carbocycles. The molecular weight excluding hydrogens is 244 g/mol. The molecule has 19 heavy (non-hydrogen) atoms. The van der Waals surface area contributed by atoms with Gasteiger partial charge in [-0.1, -0.05) is 0 Å². The molecule has 0 aliphatic carbocycles. The molecule has 1 heterocycles. The Hall–Kier alpha value is -1.40. The van der Waals surface area contributed by atoms with Crippen molar-refractivity contribution in [3.05, 3.63) is 12.3 Å². The van der Waals surface area contributed by atoms with Gasteiger partial charge >= 0.3 is 0 Å². The Morgan fingerprint density at radius 3 is 2.79 bits per heavy atom. The number of nitrogens with one attached hydrogen (secondary N) is 1. The zero-order chi connectivity index (χ0) is 14.1. The largest absolute Gasteiger partial charge is 0.383 e. The maximum Gasteiger partial charge on any atom is 0.224 e. The third kappa shape index (κ3) is 5.00. The van der Waals surface area contributed by atoms with Crippen molar-refractivity contribution in [2.45, 2.75) is 19.9 Å². The lowest BCUT2D eigenvalue weighted by Gasteiger charge is -2.29. The van der Waals surface area contributed by atoms with Crippen molar-refractivity contribution in [2.24, 2.45) is 0 Å². The van der Waals surface area contributed by atoms with Gasteiger partial charge in [-0.2, -0.15) is 4.98 Å². The molecule has 108 valence electrons. The number of hydrogen-bond donors (Lipinski definition) is 1. The number of ether oxygens (including phenoxy) is 2. The van der Waals surface area contributed by atoms with E-state index in [2.05, 4.69) is 27.1 Å². The summed E-state index contributed by atoms with van der Waals surface area (Å²) in [6, 6.07) is 2.13. The minimum absolute atomic E-state index is 0.226. The lowest BCUT2D eigenvalue weighted by atomic mass is 10.3. The maximum atomic E-state index is 5.22. The highest BCUT2D eigenvalue weighted by Gasteiger charge is 2.16. The average molecular weight is 268 g/mol. The van der Waals surface area contributed by atoms with E-state index in [1.165, 1.54) is 0 Å². The summed E-state index contributed by atoms with van der Waals surface area (Å²) in [6.45, 7) is 6.98. The Labute approximate surface area is 115 Å². The van der Waals surface area contributed by atoms with Crippen LogP contribution in [0, 0.1) is 0 Å². The molecule has 1 aromatic rings. The summed E-state index contributed by atoms with van der Waals surface area (Å²) in [7, 11) is 3.40. The van der Waals surface area contributed by atoms with Crippen molar-refractivity contribution in [2.75, 3.05) is 50.7 Å². The highest BCUT2D eigenvalue weighted by Crippen LogP contribution is 2.15. The van der Waals surface area contributed by atoms with Crippen LogP contribution in [0.5, 0.6) is 0 Å². The summed E-state index contributed by atoms with van der Waals surface area (Å²) >= 11 is 0. The highest BCUT2D eigenvalue weighted by molar-refractivity contribution is 5.43. The van der Waals surface area contributed by atoms with Gasteiger partial charge in [-0.15, -0.1) is 0 Å². The Balaban J connectivity index is 2.85. The van der Waals surface area contributed by atoms with Crippen LogP contribution in [0.2, 0.25) is 0 Å². The second-order valence-electron chi connectivity index (χ2n) is 4.26. The Bertz CT molecular complexity index is 362. The summed E-state index contributed by atoms with van der Waals surface area (Å²) in [5, 5.41) is 3.12. The molecule has 0 bridgehead atoms. The van der Waals surface area contributed by atoms with Crippen LogP contribution in [-0.4, -0.2) is 56.5 Å². The van der Waals surface area contributed by atoms with Gasteiger partial charge in [0.1, 0.15) is 5.82 Å². The summed E-state index contributed by atoms with van der Waals surface area (Å²) in [5.41, 5.74) is 0. The van der Waals surface area contributed by atoms with Crippen LogP contribution >= 0.6 is 0 Å². The molecule has 1 rings (SSSR count). The number of rotatable bonds is 9. The molecule has 1 atom stereocenters. The number of nitrogens with zero attached hydrogens (tertiary/aromatic N) is 3. The van der Waals surface area contributed by atoms with Gasteiger partial charge in [0.05, 0.1) is 19.3 Å². The fraction of sp³-hybridized carbons (Fsp3) is 0.692. The Kier molecular flexibility index (Phi) is 7.14. The minimum atomic E-state index is 0.226. The van der Waals surface area contributed by atoms with Crippen LogP contribution in [0.4, 0.5) is 11.8 Å². The Morgan fingerprint density at radius 1 is 1.37 bits per heavy atom. The van der Waals surface area contributed by atoms with Crippen LogP contribution in [0.25, 0.3) is 0 Å². The van der Waals surface area contributed by atoms with Gasteiger partial charge in [-0.3, -0.25) is 0 Å². The number of methoxy groups -OCH3 is 2. The van der Waals surface area contributed by atoms with E-state index >= 15 is 0 Å². The predicted octanol–water partition coefficient (Wildman–Crippen LogP) is 1.40. The molecule has 0 aliphatic rings. The third-order valence-electron chi connectivity index (χ3n) is 2.75. The molecular formula is C13H24N4O2. The first-order valence-corrected chi connectivity index (χ1v) is 6.54. The molecule has 0 aromatic carbocycles. The van der Waals surface area contributed by atoms with E-state index in [-0.39, 0.29) is 6.04 Å². The molecule has 6 heteroatoms. The lowest BCUT2D eigenvalue weighted by molar-refractivity contribution is 0.170. The average Bonchev–Trinajstić information content (AvgIpc) is 2.40. The monoisotopic (exact) mass is 268 g/mol. The van der Waals surface area contributed by atoms with Crippen molar-refractivity contribution in [1.82, 2.24) is 9.97 Å². The zero-order valence-corrected chi connectivity index (χ0v) is 12.2. The second-order valence-corrected chi connectivity index (χ2v) is 4.26. The lowest BCUT2D eigenvalue weighted by Crippen LogP contribution is -2.39. The first kappa shape index (κ1) is 15.7. The zero-order valence-electron chi connectivity index (χ0n) is 12.2. The van der Waals surface area contributed by atoms with Gasteiger partial charge in [0.25, 0.3) is 0 Å². The van der Waals surface area contributed by atoms with E-state index < -0.39 is 0 Å². The predicted molar refractivity (Wildman–Crippen MR) is 76.8 cm³/mol. The number of hydrogen-bond acceptors (Lipinski definition) is 6. The summed E-state index contributed by atoms with van der Waals surface area (Å²) in [6.07, 6.45) is 1.76. The van der Waals surface area contributed by atoms with Crippen LogP contribution in [0.3, 0.4) is 0 Å². The van der Waals surface area contributed by atoms with E-state index in [1.807, 2.05) is 13.0 Å². The van der Waals surface area contributed by atoms with E-state index in [0.717, 1.165) is 18.9 Å². The first-order valence-electron chi connectivity index (χ1n) is 6.54. The summed E-state index contributed by atoms with van der Waals surface area (Å²) in [5.74, 6) is 1.53. The molecule has 1 unspecified atom stereocenters. The van der Waals surface area contributed by atoms with E-state index in [1.54, 1.807) is 20.4 Å². The van der Waals surface area contributed by atoms with E-state index in [4.69, 9.17) is 9.47 Å². The SMILES string of the molecule is CCNc1nccc(N(CCOC)C(C)COC)n1. The van der Waals surface area contributed by atoms with Crippen molar-refractivity contribution < 1.29 is 9.47 Å². The number of aromatic nitrogens is 2. The van der Waals surface area contributed by atoms with Crippen molar-refractivity contribution >= 4 is 11.8 Å². The van der Waals surface area contributed by atoms with Gasteiger partial charge in [-0.05, 0) is 19.9 Å². The molecule has 0 radical (unpaired) electrons. The van der Waals surface area contributed by atoms with Crippen molar-refractivity contribution in [3.63, 3.8) is 0 Å².